The maximum absolute atomic E-state index is 10.1. The van der Waals surface area contributed by atoms with E-state index in [-0.39, 0.29) is 12.2 Å². The minimum atomic E-state index is -0.378. The molecule has 0 aliphatic heterocycles. The molecule has 0 radical (unpaired) electrons. The summed E-state index contributed by atoms with van der Waals surface area (Å²) in [5.41, 5.74) is 2.59. The van der Waals surface area contributed by atoms with Gasteiger partial charge >= 0.3 is 0 Å². The zero-order valence-electron chi connectivity index (χ0n) is 11.6. The molecule has 3 heteroatoms. The summed E-state index contributed by atoms with van der Waals surface area (Å²) in [5, 5.41) is 19.1. The van der Waals surface area contributed by atoms with Crippen LogP contribution in [0.3, 0.4) is 0 Å². The third kappa shape index (κ3) is 3.27. The van der Waals surface area contributed by atoms with Crippen LogP contribution in [0.2, 0.25) is 0 Å². The summed E-state index contributed by atoms with van der Waals surface area (Å²) in [7, 11) is 0. The predicted octanol–water partition coefficient (Wildman–Crippen LogP) is 3.25. The van der Waals surface area contributed by atoms with Gasteiger partial charge in [0.1, 0.15) is 11.9 Å². The lowest BCUT2D eigenvalue weighted by Gasteiger charge is -2.24. The number of aryl methyl sites for hydroxylation is 2. The van der Waals surface area contributed by atoms with Gasteiger partial charge in [0.15, 0.2) is 0 Å². The summed E-state index contributed by atoms with van der Waals surface area (Å²) >= 11 is 0. The van der Waals surface area contributed by atoms with E-state index in [2.05, 4.69) is 6.07 Å². The van der Waals surface area contributed by atoms with Crippen LogP contribution in [0.15, 0.2) is 12.1 Å². The topological polar surface area (TPSA) is 53.2 Å². The first kappa shape index (κ1) is 13.9. The van der Waals surface area contributed by atoms with Crippen LogP contribution in [0.1, 0.15) is 48.8 Å². The van der Waals surface area contributed by atoms with Crippen molar-refractivity contribution in [1.29, 1.82) is 5.26 Å². The Balaban J connectivity index is 2.20. The summed E-state index contributed by atoms with van der Waals surface area (Å²) in [4.78, 5) is 0. The molecule has 2 rings (SSSR count). The average molecular weight is 259 g/mol. The number of nitrogens with zero attached hydrogens (tertiary/aromatic N) is 1. The number of rotatable bonds is 2. The monoisotopic (exact) mass is 259 g/mol. The third-order valence-corrected chi connectivity index (χ3v) is 3.78. The van der Waals surface area contributed by atoms with Gasteiger partial charge < -0.3 is 9.84 Å². The van der Waals surface area contributed by atoms with Crippen molar-refractivity contribution in [2.75, 3.05) is 0 Å². The molecule has 0 spiro atoms. The van der Waals surface area contributed by atoms with Crippen molar-refractivity contribution in [3.63, 3.8) is 0 Å². The predicted molar refractivity (Wildman–Crippen MR) is 74.1 cm³/mol. The highest BCUT2D eigenvalue weighted by Crippen LogP contribution is 2.29. The second-order valence-corrected chi connectivity index (χ2v) is 5.41. The van der Waals surface area contributed by atoms with Gasteiger partial charge in [0.25, 0.3) is 0 Å². The van der Waals surface area contributed by atoms with Gasteiger partial charge in [-0.05, 0) is 56.4 Å². The molecule has 0 saturated heterocycles. The highest BCUT2D eigenvalue weighted by atomic mass is 16.5. The van der Waals surface area contributed by atoms with E-state index in [1.54, 1.807) is 0 Å². The Hall–Kier alpha value is -1.53. The first-order valence-electron chi connectivity index (χ1n) is 6.98. The van der Waals surface area contributed by atoms with E-state index in [0.717, 1.165) is 42.6 Å². The normalized spacial score (nSPS) is 23.5. The maximum atomic E-state index is 10.1. The van der Waals surface area contributed by atoms with E-state index in [0.29, 0.717) is 5.56 Å². The molecule has 1 N–H and O–H groups in total. The standard InChI is InChI=1S/C16H21NO2/c1-11-8-13(10-17)9-12(2)16(11)19-15-7-5-3-4-6-14(15)18/h8-9,14-15,18H,3-7H2,1-2H3. The minimum absolute atomic E-state index is 0.118. The molecule has 102 valence electrons. The maximum Gasteiger partial charge on any atom is 0.125 e. The lowest BCUT2D eigenvalue weighted by atomic mass is 10.0. The Bertz CT molecular complexity index is 467. The van der Waals surface area contributed by atoms with Crippen molar-refractivity contribution in [1.82, 2.24) is 0 Å². The molecule has 0 bridgehead atoms. The second kappa shape index (κ2) is 6.08. The van der Waals surface area contributed by atoms with Crippen molar-refractivity contribution < 1.29 is 9.84 Å². The van der Waals surface area contributed by atoms with Gasteiger partial charge in [0, 0.05) is 0 Å². The highest BCUT2D eigenvalue weighted by Gasteiger charge is 2.24. The lowest BCUT2D eigenvalue weighted by Crippen LogP contribution is -2.31. The Morgan fingerprint density at radius 2 is 1.79 bits per heavy atom. The largest absolute Gasteiger partial charge is 0.487 e. The summed E-state index contributed by atoms with van der Waals surface area (Å²) in [6, 6.07) is 5.83. The molecule has 1 aliphatic rings. The molecule has 3 nitrogen and oxygen atoms in total. The van der Waals surface area contributed by atoms with Crippen LogP contribution in [-0.4, -0.2) is 17.3 Å². The van der Waals surface area contributed by atoms with Crippen molar-refractivity contribution in [3.8, 4) is 11.8 Å². The zero-order valence-corrected chi connectivity index (χ0v) is 11.6. The van der Waals surface area contributed by atoms with E-state index >= 15 is 0 Å². The van der Waals surface area contributed by atoms with Gasteiger partial charge in [0.2, 0.25) is 0 Å². The fraction of sp³-hybridized carbons (Fsp3) is 0.562. The van der Waals surface area contributed by atoms with Crippen LogP contribution in [-0.2, 0) is 0 Å². The number of aliphatic hydroxyl groups is 1. The van der Waals surface area contributed by atoms with Crippen molar-refractivity contribution in [2.45, 2.75) is 58.2 Å². The summed E-state index contributed by atoms with van der Waals surface area (Å²) in [5.74, 6) is 0.824. The van der Waals surface area contributed by atoms with Gasteiger partial charge in [-0.15, -0.1) is 0 Å². The molecule has 0 amide bonds. The van der Waals surface area contributed by atoms with Crippen LogP contribution in [0.25, 0.3) is 0 Å². The fourth-order valence-corrected chi connectivity index (χ4v) is 2.74. The Labute approximate surface area is 114 Å². The van der Waals surface area contributed by atoms with Crippen LogP contribution in [0, 0.1) is 25.2 Å². The zero-order chi connectivity index (χ0) is 13.8. The Morgan fingerprint density at radius 1 is 1.16 bits per heavy atom. The fourth-order valence-electron chi connectivity index (χ4n) is 2.74. The molecular formula is C16H21NO2. The smallest absolute Gasteiger partial charge is 0.125 e. The molecule has 1 saturated carbocycles. The number of benzene rings is 1. The molecular weight excluding hydrogens is 238 g/mol. The van der Waals surface area contributed by atoms with Crippen LogP contribution in [0.5, 0.6) is 5.75 Å². The summed E-state index contributed by atoms with van der Waals surface area (Å²) < 4.78 is 6.05. The number of ether oxygens (including phenoxy) is 1. The second-order valence-electron chi connectivity index (χ2n) is 5.41. The molecule has 0 heterocycles. The molecule has 1 fully saturated rings. The van der Waals surface area contributed by atoms with Crippen LogP contribution >= 0.6 is 0 Å². The number of nitriles is 1. The van der Waals surface area contributed by atoms with E-state index in [9.17, 15) is 5.11 Å². The number of aliphatic hydroxyl groups excluding tert-OH is 1. The van der Waals surface area contributed by atoms with Gasteiger partial charge in [-0.25, -0.2) is 0 Å². The molecule has 2 unspecified atom stereocenters. The van der Waals surface area contributed by atoms with Gasteiger partial charge in [-0.1, -0.05) is 12.8 Å². The molecule has 0 aromatic heterocycles. The number of hydrogen-bond acceptors (Lipinski definition) is 3. The summed E-state index contributed by atoms with van der Waals surface area (Å²) in [6.45, 7) is 3.90. The van der Waals surface area contributed by atoms with Crippen LogP contribution < -0.4 is 4.74 Å². The molecule has 2 atom stereocenters. The van der Waals surface area contributed by atoms with Gasteiger partial charge in [-0.2, -0.15) is 5.26 Å². The van der Waals surface area contributed by atoms with E-state index in [1.165, 1.54) is 6.42 Å². The van der Waals surface area contributed by atoms with E-state index in [4.69, 9.17) is 10.00 Å². The number of hydrogen-bond donors (Lipinski definition) is 1. The van der Waals surface area contributed by atoms with Crippen molar-refractivity contribution in [2.24, 2.45) is 0 Å². The molecule has 1 aromatic carbocycles. The Kier molecular flexibility index (Phi) is 4.44. The lowest BCUT2D eigenvalue weighted by molar-refractivity contribution is 0.0312. The first-order valence-corrected chi connectivity index (χ1v) is 6.98. The first-order chi connectivity index (χ1) is 9.11. The van der Waals surface area contributed by atoms with Gasteiger partial charge in [-0.3, -0.25) is 0 Å². The minimum Gasteiger partial charge on any atom is -0.487 e. The summed E-state index contributed by atoms with van der Waals surface area (Å²) in [6.07, 6.45) is 4.58. The Morgan fingerprint density at radius 3 is 2.42 bits per heavy atom. The van der Waals surface area contributed by atoms with Gasteiger partial charge in [0.05, 0.1) is 17.7 Å². The molecule has 19 heavy (non-hydrogen) atoms. The van der Waals surface area contributed by atoms with Crippen molar-refractivity contribution >= 4 is 0 Å². The van der Waals surface area contributed by atoms with E-state index < -0.39 is 0 Å². The highest BCUT2D eigenvalue weighted by molar-refractivity contribution is 5.47. The average Bonchev–Trinajstić information content (AvgIpc) is 2.58. The van der Waals surface area contributed by atoms with Crippen molar-refractivity contribution in [3.05, 3.63) is 28.8 Å². The quantitative estimate of drug-likeness (QED) is 0.829. The van der Waals surface area contributed by atoms with E-state index in [1.807, 2.05) is 26.0 Å². The molecule has 1 aliphatic carbocycles. The molecule has 1 aromatic rings. The third-order valence-electron chi connectivity index (χ3n) is 3.78. The van der Waals surface area contributed by atoms with Crippen LogP contribution in [0.4, 0.5) is 0 Å². The SMILES string of the molecule is Cc1cc(C#N)cc(C)c1OC1CCCCCC1O.